The monoisotopic (exact) mass is 1810 g/mol. The number of nitrogens with one attached hydrogen (secondary N) is 3. The van der Waals surface area contributed by atoms with E-state index in [1.807, 2.05) is 20.0 Å². The average molecular weight is 1810 g/mol. The number of aliphatic hydroxyl groups excluding tert-OH is 10. The predicted octanol–water partition coefficient (Wildman–Crippen LogP) is 4.28. The van der Waals surface area contributed by atoms with Crippen molar-refractivity contribution in [2.75, 3.05) is 151 Å². The van der Waals surface area contributed by atoms with E-state index in [9.17, 15) is 51.1 Å². The van der Waals surface area contributed by atoms with Gasteiger partial charge < -0.3 is 108 Å². The molecule has 0 aromatic carbocycles. The quantitative estimate of drug-likeness (QED) is 0.0336. The van der Waals surface area contributed by atoms with Crippen molar-refractivity contribution in [2.24, 2.45) is 0 Å². The van der Waals surface area contributed by atoms with E-state index in [4.69, 9.17) is 40.9 Å². The molecule has 44 heteroatoms. The molecule has 10 aromatic heterocycles. The number of rotatable bonds is 26. The fraction of sp³-hybridized carbons (Fsp3) is 0.595. The van der Waals surface area contributed by atoms with Gasteiger partial charge in [0.25, 0.3) is 0 Å². The summed E-state index contributed by atoms with van der Waals surface area (Å²) in [6.07, 6.45) is 26.0. The van der Waals surface area contributed by atoms with E-state index in [-0.39, 0.29) is 11.8 Å². The lowest BCUT2D eigenvalue weighted by Crippen LogP contribution is -2.32. The van der Waals surface area contributed by atoms with Crippen LogP contribution in [-0.2, 0) is 23.7 Å². The zero-order chi connectivity index (χ0) is 89.9. The number of anilines is 6. The Bertz CT molecular complexity index is 5510. The van der Waals surface area contributed by atoms with Crippen LogP contribution in [-0.4, -0.2) is 379 Å². The number of hydrogen-bond acceptors (Lipinski definition) is 34. The number of nitrogen functional groups attached to an aromatic ring is 3. The summed E-state index contributed by atoms with van der Waals surface area (Å²) in [4.78, 5) is 55.5. The van der Waals surface area contributed by atoms with Gasteiger partial charge >= 0.3 is 0 Å². The Hall–Kier alpha value is -7.41. The third-order valence-corrected chi connectivity index (χ3v) is 29.0. The summed E-state index contributed by atoms with van der Waals surface area (Å²) >= 11 is 0. The molecule has 19 N–H and O–H groups in total. The van der Waals surface area contributed by atoms with Gasteiger partial charge in [0.15, 0.2) is 87.9 Å². The summed E-state index contributed by atoms with van der Waals surface area (Å²) in [5.41, 5.74) is 24.6. The standard InChI is InChI=1S/C17H28N5O3P.C16H26N5O3P.C16H25N4O3P.2C15H24N5O3P/c1-5-7-18-15-12-16(20-9-19-15)22(10-21-12)17-14(24)13(23)11(25-17)6-8-26(2,3)4;1-5-17-14-11-15(19-8-18-14)21(9-20-11)16-13(23)12(22)10(24-16)6-7-25(2,3)4;1-17-10-5-7-18-15-12(10)19-9-20(15)16-14(22)13(21)11(23-16)6-8-24(2,3)4;1-8-18-13(16)10-14(19-8)20(7-17-10)15-12(22)11(21)9(23-15)5-6-24(2,3)4;1-24(2,3)7-5-9-11(21)12(22)14(23-9)20-13-10(19-15(20)17)8(16)4-6-18-13/h9-11,13-14,17,23-24H,2,5-8H2,1,3-4H3,(H,18,19,20);8-10,12-13,16,22-23H,2,5-7H2,1,3-4H3,(H,17,18,19);5,7,9,11,13-14,16,21-22H,2,6,8H2,1,3-4H3,(H,17,18);7,9,11-12,15,21-22H,2,5-6H2,1,3-4H3,(H2,16,18,19);4,6,9,11-12,14,21-22H,1,5,7H2,2-3H3,(H2,16,18)(H2,17,19)/t11-,13-,14-,17-;10-,12-,13-,16-;11-,13-,14-,16-;9-,11-,12-,15-;9-,11-,12-,14-/m11111/s1. The molecule has 15 heterocycles. The maximum absolute atomic E-state index is 10.5. The molecule has 5 saturated heterocycles. The van der Waals surface area contributed by atoms with Crippen molar-refractivity contribution in [3.63, 3.8) is 0 Å². The van der Waals surface area contributed by atoms with Crippen molar-refractivity contribution in [3.8, 4) is 0 Å². The van der Waals surface area contributed by atoms with Gasteiger partial charge in [0.05, 0.1) is 67.2 Å². The summed E-state index contributed by atoms with van der Waals surface area (Å²) in [5, 5.41) is 114. The van der Waals surface area contributed by atoms with Crippen LogP contribution in [0, 0.1) is 6.92 Å². The van der Waals surface area contributed by atoms with Gasteiger partial charge in [0, 0.05) is 32.5 Å². The van der Waals surface area contributed by atoms with Gasteiger partial charge in [-0.2, -0.15) is 0 Å². The van der Waals surface area contributed by atoms with Crippen LogP contribution in [0.2, 0.25) is 0 Å². The topological polar surface area (TPSA) is 555 Å². The van der Waals surface area contributed by atoms with Gasteiger partial charge in [-0.15, -0.1) is 65.9 Å². The highest BCUT2D eigenvalue weighted by molar-refractivity contribution is 7.73. The van der Waals surface area contributed by atoms with Gasteiger partial charge in [0.2, 0.25) is 5.95 Å². The zero-order valence-corrected chi connectivity index (χ0v) is 77.1. The second-order valence-electron chi connectivity index (χ2n) is 35.3. The van der Waals surface area contributed by atoms with Crippen LogP contribution in [0.5, 0.6) is 0 Å². The SMILES string of the molecule is C=P(C)(C)CC[C@H]1O[C@@H](n2c(N)nc3c(N)ccnc32)[C@H](O)[C@@H]1O.C=P(C)(C)CC[C@H]1O[C@@H](n2cnc3c(N)nc(C)nc32)[C@H](O)[C@@H]1O.C=P(C)(C)CC[C@H]1O[C@@H](n2cnc3c(NC)ccnc32)[C@H](O)[C@@H]1O.C=P(C)(C)CC[C@H]1O[C@@H](n2cnc3c(NCC)ncnc32)[C@H](O)[C@@H]1O.C=P(C)(C)CC[C@H]1O[C@@H](n2cnc3c(NCCC)ncnc32)[C@H](O)[C@@H]1O. The molecule has 39 nitrogen and oxygen atoms in total. The molecule has 678 valence electrons. The Morgan fingerprint density at radius 3 is 1.11 bits per heavy atom. The van der Waals surface area contributed by atoms with Crippen LogP contribution in [0.3, 0.4) is 0 Å². The predicted molar refractivity (Wildman–Crippen MR) is 498 cm³/mol. The molecule has 0 spiro atoms. The van der Waals surface area contributed by atoms with E-state index < -0.39 is 157 Å². The van der Waals surface area contributed by atoms with E-state index in [2.05, 4.69) is 186 Å². The molecule has 0 unspecified atom stereocenters. The Morgan fingerprint density at radius 1 is 0.390 bits per heavy atom. The molecule has 0 radical (unpaired) electrons. The van der Waals surface area contributed by atoms with E-state index in [1.54, 1.807) is 62.6 Å². The number of aryl methyl sites for hydroxylation is 1. The summed E-state index contributed by atoms with van der Waals surface area (Å²) in [7, 11) is 1.82. The van der Waals surface area contributed by atoms with Crippen LogP contribution < -0.4 is 33.2 Å². The van der Waals surface area contributed by atoms with E-state index in [1.165, 1.54) is 23.5 Å². The molecule has 15 rings (SSSR count). The zero-order valence-electron chi connectivity index (χ0n) is 72.6. The molecule has 5 aliphatic heterocycles. The lowest BCUT2D eigenvalue weighted by molar-refractivity contribution is -0.0353. The first kappa shape index (κ1) is 96.2. The number of hydrogen-bond donors (Lipinski definition) is 16. The third kappa shape index (κ3) is 22.9. The molecule has 0 aliphatic carbocycles. The Kier molecular flexibility index (Phi) is 31.2. The highest BCUT2D eigenvalue weighted by atomic mass is 31.2. The van der Waals surface area contributed by atoms with E-state index in [0.29, 0.717) is 118 Å². The Balaban J connectivity index is 0.000000150. The molecule has 10 aromatic rings. The highest BCUT2D eigenvalue weighted by Gasteiger charge is 2.49. The normalized spacial score (nSPS) is 27.4. The molecule has 5 aliphatic rings. The minimum atomic E-state index is -1.24. The first-order valence-corrected chi connectivity index (χ1v) is 56.2. The second kappa shape index (κ2) is 39.9. The summed E-state index contributed by atoms with van der Waals surface area (Å²) < 4.78 is 37.9. The van der Waals surface area contributed by atoms with E-state index in [0.717, 1.165) is 49.5 Å². The Morgan fingerprint density at radius 2 is 0.732 bits per heavy atom. The number of ether oxygens (including phenoxy) is 5. The van der Waals surface area contributed by atoms with Crippen LogP contribution in [0.1, 0.15) is 89.3 Å². The highest BCUT2D eigenvalue weighted by Crippen LogP contribution is 2.46. The molecule has 0 amide bonds. The minimum absolute atomic E-state index is 0.136. The van der Waals surface area contributed by atoms with Crippen LogP contribution >= 0.6 is 34.4 Å². The van der Waals surface area contributed by atoms with Crippen LogP contribution in [0.25, 0.3) is 55.8 Å². The van der Waals surface area contributed by atoms with Crippen molar-refractivity contribution < 1.29 is 74.7 Å². The average Bonchev–Trinajstić information content (AvgIpc) is 1.66. The second-order valence-corrected chi connectivity index (χ2v) is 56.9. The minimum Gasteiger partial charge on any atom is -0.397 e. The van der Waals surface area contributed by atoms with Gasteiger partial charge in [-0.1, -0.05) is 6.92 Å². The van der Waals surface area contributed by atoms with E-state index >= 15 is 0 Å². The first-order chi connectivity index (χ1) is 57.8. The van der Waals surface area contributed by atoms with Crippen molar-refractivity contribution in [2.45, 2.75) is 182 Å². The van der Waals surface area contributed by atoms with Crippen LogP contribution in [0.15, 0.2) is 62.5 Å². The fourth-order valence-electron chi connectivity index (χ4n) is 14.9. The number of nitrogens with two attached hydrogens (primary N) is 3. The van der Waals surface area contributed by atoms with Crippen molar-refractivity contribution in [1.29, 1.82) is 0 Å². The molecule has 123 heavy (non-hydrogen) atoms. The van der Waals surface area contributed by atoms with Crippen molar-refractivity contribution >= 4 is 157 Å². The molecule has 0 bridgehead atoms. The van der Waals surface area contributed by atoms with Gasteiger partial charge in [-0.05, 0) is 162 Å². The largest absolute Gasteiger partial charge is 0.397 e. The van der Waals surface area contributed by atoms with Gasteiger partial charge in [-0.3, -0.25) is 22.8 Å². The lowest BCUT2D eigenvalue weighted by Gasteiger charge is -2.19. The van der Waals surface area contributed by atoms with Crippen molar-refractivity contribution in [3.05, 3.63) is 68.3 Å². The Labute approximate surface area is 716 Å². The summed E-state index contributed by atoms with van der Waals surface area (Å²) in [5.74, 6) is 2.22. The van der Waals surface area contributed by atoms with Crippen molar-refractivity contribution in [1.82, 2.24) is 87.6 Å². The lowest BCUT2D eigenvalue weighted by atomic mass is 10.1. The molecule has 5 fully saturated rings. The maximum atomic E-state index is 10.5. The molecule has 0 saturated carbocycles. The summed E-state index contributed by atoms with van der Waals surface area (Å²) in [6, 6.07) is 3.46. The van der Waals surface area contributed by atoms with Gasteiger partial charge in [-0.25, -0.2) is 64.8 Å². The maximum Gasteiger partial charge on any atom is 0.204 e. The third-order valence-electron chi connectivity index (χ3n) is 21.7. The van der Waals surface area contributed by atoms with Crippen LogP contribution in [0.4, 0.5) is 34.8 Å². The number of fused-ring (bicyclic) bond motifs is 5. The molecule has 20 atom stereocenters. The fourth-order valence-corrected chi connectivity index (χ4v) is 19.7. The smallest absolute Gasteiger partial charge is 0.204 e. The van der Waals surface area contributed by atoms with Gasteiger partial charge in [0.1, 0.15) is 96.1 Å². The molecular weight excluding hydrogens is 1680 g/mol. The first-order valence-electron chi connectivity index (χ1n) is 40.9. The number of pyridine rings is 2. The number of nitrogens with zero attached hydrogens (tertiary/aromatic N) is 18. The summed E-state index contributed by atoms with van der Waals surface area (Å²) in [6.45, 7) is 22.5. The number of aromatic nitrogens is 18. The number of imidazole rings is 5. The number of aliphatic hydroxyl groups is 10. The molecular formula is C79H127N24O15P5.